The molecule has 0 aliphatic heterocycles. The highest BCUT2D eigenvalue weighted by molar-refractivity contribution is 6.34. The Labute approximate surface area is 248 Å². The number of aliphatic hydroxyl groups excluding tert-OH is 1. The number of alkyl carbamates (subject to hydrolysis) is 1. The van der Waals surface area contributed by atoms with Gasteiger partial charge >= 0.3 is 6.09 Å². The van der Waals surface area contributed by atoms with Crippen molar-refractivity contribution in [3.05, 3.63) is 58.1 Å². The van der Waals surface area contributed by atoms with Gasteiger partial charge in [-0.3, -0.25) is 9.59 Å². The van der Waals surface area contributed by atoms with Gasteiger partial charge in [0.05, 0.1) is 17.3 Å². The molecule has 0 aliphatic rings. The summed E-state index contributed by atoms with van der Waals surface area (Å²) in [5.41, 5.74) is 1.01. The predicted molar refractivity (Wildman–Crippen MR) is 161 cm³/mol. The SMILES string of the molecule is CCCCCCCN(C(=O)C(CO)NC(=O)OC(C)(C)C)C(C(=O)Nc1c(C)cccc1Cl)c1cccc(C)c1O. The number of aryl methyl sites for hydroxylation is 2. The summed E-state index contributed by atoms with van der Waals surface area (Å²) in [5, 5.41) is 26.8. The van der Waals surface area contributed by atoms with Crippen LogP contribution in [0.1, 0.15) is 82.5 Å². The Kier molecular flexibility index (Phi) is 12.9. The molecule has 2 aromatic carbocycles. The Morgan fingerprint density at radius 1 is 1.00 bits per heavy atom. The molecule has 2 atom stereocenters. The number of halogens is 1. The molecule has 9 nitrogen and oxygen atoms in total. The molecule has 0 fully saturated rings. The van der Waals surface area contributed by atoms with Gasteiger partial charge in [0.15, 0.2) is 0 Å². The van der Waals surface area contributed by atoms with Gasteiger partial charge in [0.25, 0.3) is 5.91 Å². The van der Waals surface area contributed by atoms with Crippen molar-refractivity contribution in [3.63, 3.8) is 0 Å². The topological polar surface area (TPSA) is 128 Å². The molecule has 0 spiro atoms. The van der Waals surface area contributed by atoms with Gasteiger partial charge < -0.3 is 30.5 Å². The number of carbonyl (C=O) groups is 3. The number of hydrogen-bond acceptors (Lipinski definition) is 6. The number of unbranched alkanes of at least 4 members (excludes halogenated alkanes) is 4. The van der Waals surface area contributed by atoms with Crippen molar-refractivity contribution in [1.29, 1.82) is 0 Å². The second kappa shape index (κ2) is 15.6. The molecule has 2 rings (SSSR count). The van der Waals surface area contributed by atoms with Crippen LogP contribution in [0.15, 0.2) is 36.4 Å². The van der Waals surface area contributed by atoms with E-state index < -0.39 is 42.2 Å². The standard InChI is InChI=1S/C31H44ClN3O6/c1-7-8-9-10-11-18-35(29(39)24(19-36)33-30(40)41-31(4,5)6)26(22-16-12-15-21(3)27(22)37)28(38)34-25-20(2)14-13-17-23(25)32/h12-17,24,26,36-37H,7-11,18-19H2,1-6H3,(H,33,40)(H,34,38). The second-order valence-electron chi connectivity index (χ2n) is 11.2. The normalized spacial score (nSPS) is 12.8. The van der Waals surface area contributed by atoms with Crippen LogP contribution < -0.4 is 10.6 Å². The van der Waals surface area contributed by atoms with Crippen molar-refractivity contribution in [1.82, 2.24) is 10.2 Å². The lowest BCUT2D eigenvalue weighted by Crippen LogP contribution is -2.54. The van der Waals surface area contributed by atoms with Crippen molar-refractivity contribution in [2.24, 2.45) is 0 Å². The number of anilines is 1. The highest BCUT2D eigenvalue weighted by Crippen LogP contribution is 2.34. The van der Waals surface area contributed by atoms with E-state index in [-0.39, 0.29) is 17.9 Å². The Morgan fingerprint density at radius 2 is 1.63 bits per heavy atom. The van der Waals surface area contributed by atoms with Crippen LogP contribution in [0.4, 0.5) is 10.5 Å². The van der Waals surface area contributed by atoms with Gasteiger partial charge in [-0.15, -0.1) is 0 Å². The molecule has 41 heavy (non-hydrogen) atoms. The number of nitrogens with one attached hydrogen (secondary N) is 2. The fourth-order valence-corrected chi connectivity index (χ4v) is 4.69. The number of ether oxygens (including phenoxy) is 1. The minimum Gasteiger partial charge on any atom is -0.507 e. The molecule has 0 saturated carbocycles. The minimum absolute atomic E-state index is 0.132. The van der Waals surface area contributed by atoms with E-state index in [2.05, 4.69) is 17.6 Å². The third-order valence-corrected chi connectivity index (χ3v) is 6.87. The van der Waals surface area contributed by atoms with Crippen molar-refractivity contribution >= 4 is 35.2 Å². The second-order valence-corrected chi connectivity index (χ2v) is 11.6. The Morgan fingerprint density at radius 3 is 2.24 bits per heavy atom. The Balaban J connectivity index is 2.57. The monoisotopic (exact) mass is 589 g/mol. The molecule has 0 heterocycles. The van der Waals surface area contributed by atoms with Gasteiger partial charge in [0, 0.05) is 12.1 Å². The van der Waals surface area contributed by atoms with Crippen LogP contribution >= 0.6 is 11.6 Å². The van der Waals surface area contributed by atoms with Crippen molar-refractivity contribution in [3.8, 4) is 5.75 Å². The largest absolute Gasteiger partial charge is 0.507 e. The predicted octanol–water partition coefficient (Wildman–Crippen LogP) is 6.03. The number of phenolic OH excluding ortho intramolecular Hbond substituents is 1. The fourth-order valence-electron chi connectivity index (χ4n) is 4.42. The third kappa shape index (κ3) is 9.93. The number of para-hydroxylation sites is 2. The molecule has 0 bridgehead atoms. The van der Waals surface area contributed by atoms with Gasteiger partial charge in [0.2, 0.25) is 5.91 Å². The van der Waals surface area contributed by atoms with Gasteiger partial charge in [-0.1, -0.05) is 74.5 Å². The summed E-state index contributed by atoms with van der Waals surface area (Å²) in [5.74, 6) is -1.42. The lowest BCUT2D eigenvalue weighted by molar-refractivity contribution is -0.141. The molecule has 0 aliphatic carbocycles. The van der Waals surface area contributed by atoms with E-state index in [1.165, 1.54) is 4.90 Å². The number of aromatic hydroxyl groups is 1. The number of phenols is 1. The lowest BCUT2D eigenvalue weighted by atomic mass is 9.98. The van der Waals surface area contributed by atoms with Crippen LogP contribution in [-0.4, -0.2) is 57.8 Å². The van der Waals surface area contributed by atoms with E-state index in [0.717, 1.165) is 31.2 Å². The number of aliphatic hydroxyl groups is 1. The molecule has 0 saturated heterocycles. The Bertz CT molecular complexity index is 1180. The number of carbonyl (C=O) groups excluding carboxylic acids is 3. The lowest BCUT2D eigenvalue weighted by Gasteiger charge is -2.34. The van der Waals surface area contributed by atoms with E-state index in [4.69, 9.17) is 16.3 Å². The molecule has 2 aromatic rings. The van der Waals surface area contributed by atoms with E-state index in [9.17, 15) is 24.6 Å². The zero-order valence-electron chi connectivity index (χ0n) is 24.9. The highest BCUT2D eigenvalue weighted by atomic mass is 35.5. The first-order chi connectivity index (χ1) is 19.3. The van der Waals surface area contributed by atoms with Gasteiger partial charge in [-0.25, -0.2) is 4.79 Å². The van der Waals surface area contributed by atoms with E-state index in [1.54, 1.807) is 71.0 Å². The average Bonchev–Trinajstić information content (AvgIpc) is 2.89. The molecule has 226 valence electrons. The first kappa shape index (κ1) is 33.9. The smallest absolute Gasteiger partial charge is 0.408 e. The molecule has 4 N–H and O–H groups in total. The first-order valence-electron chi connectivity index (χ1n) is 14.1. The zero-order valence-corrected chi connectivity index (χ0v) is 25.7. The van der Waals surface area contributed by atoms with Gasteiger partial charge in [0.1, 0.15) is 23.4 Å². The van der Waals surface area contributed by atoms with E-state index >= 15 is 0 Å². The van der Waals surface area contributed by atoms with Crippen LogP contribution in [0, 0.1) is 13.8 Å². The van der Waals surface area contributed by atoms with Gasteiger partial charge in [-0.2, -0.15) is 0 Å². The quantitative estimate of drug-likeness (QED) is 0.211. The molecular weight excluding hydrogens is 546 g/mol. The molecule has 2 unspecified atom stereocenters. The molecule has 10 heteroatoms. The zero-order chi connectivity index (χ0) is 30.7. The number of rotatable bonds is 13. The maximum absolute atomic E-state index is 14.0. The molecule has 3 amide bonds. The molecule has 0 radical (unpaired) electrons. The van der Waals surface area contributed by atoms with Crippen LogP contribution in [0.25, 0.3) is 0 Å². The molecule has 0 aromatic heterocycles. The minimum atomic E-state index is -1.38. The maximum atomic E-state index is 14.0. The van der Waals surface area contributed by atoms with Crippen LogP contribution in [-0.2, 0) is 14.3 Å². The number of amides is 3. The van der Waals surface area contributed by atoms with Crippen LogP contribution in [0.2, 0.25) is 5.02 Å². The van der Waals surface area contributed by atoms with Crippen LogP contribution in [0.3, 0.4) is 0 Å². The van der Waals surface area contributed by atoms with E-state index in [1.807, 2.05) is 0 Å². The van der Waals surface area contributed by atoms with Crippen LogP contribution in [0.5, 0.6) is 5.75 Å². The van der Waals surface area contributed by atoms with Crippen molar-refractivity contribution in [2.75, 3.05) is 18.5 Å². The summed E-state index contributed by atoms with van der Waals surface area (Å²) in [6.07, 6.45) is 3.51. The summed E-state index contributed by atoms with van der Waals surface area (Å²) < 4.78 is 5.29. The van der Waals surface area contributed by atoms with Gasteiger partial charge in [-0.05, 0) is 58.2 Å². The summed E-state index contributed by atoms with van der Waals surface area (Å²) in [7, 11) is 0. The summed E-state index contributed by atoms with van der Waals surface area (Å²) in [6, 6.07) is 7.50. The average molecular weight is 590 g/mol. The van der Waals surface area contributed by atoms with E-state index in [0.29, 0.717) is 22.7 Å². The Hall–Kier alpha value is -3.30. The summed E-state index contributed by atoms with van der Waals surface area (Å²) in [6.45, 7) is 10.1. The highest BCUT2D eigenvalue weighted by Gasteiger charge is 2.37. The number of hydrogen-bond donors (Lipinski definition) is 4. The summed E-state index contributed by atoms with van der Waals surface area (Å²) >= 11 is 6.40. The first-order valence-corrected chi connectivity index (χ1v) is 14.4. The van der Waals surface area contributed by atoms with Crippen molar-refractivity contribution in [2.45, 2.75) is 91.3 Å². The number of nitrogens with zero attached hydrogens (tertiary/aromatic N) is 1. The fraction of sp³-hybridized carbons (Fsp3) is 0.516. The number of benzene rings is 2. The maximum Gasteiger partial charge on any atom is 0.408 e. The summed E-state index contributed by atoms with van der Waals surface area (Å²) in [4.78, 5) is 41.9. The van der Waals surface area contributed by atoms with Crippen molar-refractivity contribution < 1.29 is 29.3 Å². The molecular formula is C31H44ClN3O6. The third-order valence-electron chi connectivity index (χ3n) is 6.55.